The van der Waals surface area contributed by atoms with E-state index in [1.54, 1.807) is 19.1 Å². The van der Waals surface area contributed by atoms with Crippen molar-refractivity contribution in [3.63, 3.8) is 0 Å². The number of aliphatic hydroxyl groups is 1. The summed E-state index contributed by atoms with van der Waals surface area (Å²) in [6, 6.07) is 3.54. The third kappa shape index (κ3) is 4.44. The first-order valence-corrected chi connectivity index (χ1v) is 8.09. The molecule has 0 bridgehead atoms. The quantitative estimate of drug-likeness (QED) is 0.624. The number of ether oxygens (including phenoxy) is 1. The molecule has 2 N–H and O–H groups in total. The molecule has 22 heavy (non-hydrogen) atoms. The summed E-state index contributed by atoms with van der Waals surface area (Å²) in [5.74, 6) is 0.865. The van der Waals surface area contributed by atoms with Crippen LogP contribution >= 0.6 is 0 Å². The summed E-state index contributed by atoms with van der Waals surface area (Å²) in [4.78, 5) is 15.9. The minimum Gasteiger partial charge on any atom is -0.465 e. The van der Waals surface area contributed by atoms with Crippen LogP contribution in [0.3, 0.4) is 0 Å². The van der Waals surface area contributed by atoms with Gasteiger partial charge in [0.1, 0.15) is 5.82 Å². The highest BCUT2D eigenvalue weighted by molar-refractivity contribution is 5.90. The van der Waals surface area contributed by atoms with Crippen LogP contribution in [-0.4, -0.2) is 35.8 Å². The normalized spacial score (nSPS) is 21.4. The Morgan fingerprint density at radius 1 is 1.41 bits per heavy atom. The molecule has 0 radical (unpaired) electrons. The number of anilines is 1. The van der Waals surface area contributed by atoms with E-state index in [1.165, 1.54) is 13.5 Å². The van der Waals surface area contributed by atoms with Gasteiger partial charge in [-0.25, -0.2) is 9.78 Å². The smallest absolute Gasteiger partial charge is 0.339 e. The summed E-state index contributed by atoms with van der Waals surface area (Å²) in [6.07, 6.45) is 6.44. The van der Waals surface area contributed by atoms with Gasteiger partial charge in [0.15, 0.2) is 0 Å². The summed E-state index contributed by atoms with van der Waals surface area (Å²) < 4.78 is 4.71. The summed E-state index contributed by atoms with van der Waals surface area (Å²) in [7, 11) is 1.37. The van der Waals surface area contributed by atoms with Crippen LogP contribution in [0.5, 0.6) is 0 Å². The Morgan fingerprint density at radius 3 is 2.86 bits per heavy atom. The van der Waals surface area contributed by atoms with Gasteiger partial charge in [-0.1, -0.05) is 12.8 Å². The van der Waals surface area contributed by atoms with E-state index >= 15 is 0 Å². The lowest BCUT2D eigenvalue weighted by Crippen LogP contribution is -2.24. The molecule has 0 spiro atoms. The number of pyridine rings is 1. The lowest BCUT2D eigenvalue weighted by molar-refractivity contribution is 0.0599. The zero-order chi connectivity index (χ0) is 15.9. The number of hydrogen-bond donors (Lipinski definition) is 2. The van der Waals surface area contributed by atoms with Crippen molar-refractivity contribution in [2.45, 2.75) is 51.6 Å². The number of aryl methyl sites for hydroxylation is 1. The molecule has 1 aliphatic carbocycles. The largest absolute Gasteiger partial charge is 0.465 e. The Labute approximate surface area is 132 Å². The number of rotatable bonds is 6. The fraction of sp³-hybridized carbons (Fsp3) is 0.647. The van der Waals surface area contributed by atoms with Crippen LogP contribution in [0.25, 0.3) is 0 Å². The summed E-state index contributed by atoms with van der Waals surface area (Å²) >= 11 is 0. The number of nitrogens with zero attached hydrogens (tertiary/aromatic N) is 1. The lowest BCUT2D eigenvalue weighted by Gasteiger charge is -2.27. The van der Waals surface area contributed by atoms with Crippen molar-refractivity contribution in [3.8, 4) is 0 Å². The molecule has 0 aromatic carbocycles. The summed E-state index contributed by atoms with van der Waals surface area (Å²) in [5.41, 5.74) is 1.16. The number of aliphatic hydroxyl groups excluding tert-OH is 1. The minimum atomic E-state index is -0.358. The average molecular weight is 306 g/mol. The Kier molecular flexibility index (Phi) is 6.19. The van der Waals surface area contributed by atoms with Crippen LogP contribution in [0.15, 0.2) is 12.1 Å². The topological polar surface area (TPSA) is 71.5 Å². The molecule has 1 aliphatic rings. The van der Waals surface area contributed by atoms with E-state index in [1.807, 2.05) is 0 Å². The summed E-state index contributed by atoms with van der Waals surface area (Å²) in [6.45, 7) is 2.63. The van der Waals surface area contributed by atoms with E-state index in [0.29, 0.717) is 17.2 Å². The second-order valence-electron chi connectivity index (χ2n) is 6.00. The molecule has 2 unspecified atom stereocenters. The maximum atomic E-state index is 11.5. The fourth-order valence-electron chi connectivity index (χ4n) is 3.09. The van der Waals surface area contributed by atoms with Gasteiger partial charge in [0, 0.05) is 6.54 Å². The molecule has 2 rings (SSSR count). The minimum absolute atomic E-state index is 0.117. The lowest BCUT2D eigenvalue weighted by atomic mass is 9.83. The predicted octanol–water partition coefficient (Wildman–Crippen LogP) is 2.92. The van der Waals surface area contributed by atoms with E-state index in [-0.39, 0.29) is 12.1 Å². The first kappa shape index (κ1) is 16.7. The van der Waals surface area contributed by atoms with Crippen LogP contribution in [0.2, 0.25) is 0 Å². The number of hydrogen-bond acceptors (Lipinski definition) is 5. The Bertz CT molecular complexity index is 505. The van der Waals surface area contributed by atoms with Gasteiger partial charge in [0.05, 0.1) is 24.5 Å². The van der Waals surface area contributed by atoms with Crippen LogP contribution in [-0.2, 0) is 4.74 Å². The first-order chi connectivity index (χ1) is 10.6. The summed E-state index contributed by atoms with van der Waals surface area (Å²) in [5, 5.41) is 13.2. The number of aromatic nitrogens is 1. The highest BCUT2D eigenvalue weighted by atomic mass is 16.5. The second kappa shape index (κ2) is 8.13. The van der Waals surface area contributed by atoms with Crippen molar-refractivity contribution in [2.24, 2.45) is 5.92 Å². The monoisotopic (exact) mass is 306 g/mol. The second-order valence-corrected chi connectivity index (χ2v) is 6.00. The van der Waals surface area contributed by atoms with Gasteiger partial charge in [-0.05, 0) is 50.7 Å². The van der Waals surface area contributed by atoms with Crippen molar-refractivity contribution in [2.75, 3.05) is 19.0 Å². The maximum absolute atomic E-state index is 11.5. The first-order valence-electron chi connectivity index (χ1n) is 8.09. The third-order valence-corrected chi connectivity index (χ3v) is 4.42. The van der Waals surface area contributed by atoms with E-state index in [0.717, 1.165) is 44.5 Å². The molecule has 1 fully saturated rings. The fourth-order valence-corrected chi connectivity index (χ4v) is 3.09. The van der Waals surface area contributed by atoms with E-state index in [4.69, 9.17) is 4.74 Å². The number of nitrogens with one attached hydrogen (secondary N) is 1. The molecular weight excluding hydrogens is 280 g/mol. The zero-order valence-corrected chi connectivity index (χ0v) is 13.5. The maximum Gasteiger partial charge on any atom is 0.339 e. The van der Waals surface area contributed by atoms with Gasteiger partial charge in [0.2, 0.25) is 0 Å². The van der Waals surface area contributed by atoms with Gasteiger partial charge < -0.3 is 15.2 Å². The Balaban J connectivity index is 1.77. The van der Waals surface area contributed by atoms with Crippen molar-refractivity contribution in [3.05, 3.63) is 23.4 Å². The SMILES string of the molecule is COC(=O)c1ccc(NCCCC2CCCCC2O)nc1C. The van der Waals surface area contributed by atoms with Crippen molar-refractivity contribution in [1.82, 2.24) is 4.98 Å². The number of esters is 1. The molecule has 122 valence electrons. The number of methoxy groups -OCH3 is 1. The van der Waals surface area contributed by atoms with Crippen LogP contribution in [0, 0.1) is 12.8 Å². The van der Waals surface area contributed by atoms with Gasteiger partial charge in [-0.2, -0.15) is 0 Å². The Hall–Kier alpha value is -1.62. The van der Waals surface area contributed by atoms with E-state index in [2.05, 4.69) is 10.3 Å². The highest BCUT2D eigenvalue weighted by Crippen LogP contribution is 2.27. The molecule has 1 heterocycles. The molecule has 5 heteroatoms. The highest BCUT2D eigenvalue weighted by Gasteiger charge is 2.22. The number of carbonyl (C=O) groups excluding carboxylic acids is 1. The number of carbonyl (C=O) groups is 1. The predicted molar refractivity (Wildman–Crippen MR) is 86.0 cm³/mol. The third-order valence-electron chi connectivity index (χ3n) is 4.42. The molecule has 2 atom stereocenters. The molecule has 1 saturated carbocycles. The molecule has 1 aromatic heterocycles. The van der Waals surface area contributed by atoms with Crippen molar-refractivity contribution >= 4 is 11.8 Å². The van der Waals surface area contributed by atoms with Gasteiger partial charge in [0.25, 0.3) is 0 Å². The molecular formula is C17H26N2O3. The van der Waals surface area contributed by atoms with Gasteiger partial charge in [-0.3, -0.25) is 0 Å². The molecule has 0 amide bonds. The molecule has 1 aromatic rings. The van der Waals surface area contributed by atoms with Gasteiger partial charge >= 0.3 is 5.97 Å². The van der Waals surface area contributed by atoms with Crippen LogP contribution < -0.4 is 5.32 Å². The van der Waals surface area contributed by atoms with Crippen LogP contribution in [0.1, 0.15) is 54.6 Å². The molecule has 0 saturated heterocycles. The van der Waals surface area contributed by atoms with E-state index in [9.17, 15) is 9.90 Å². The Morgan fingerprint density at radius 2 is 2.18 bits per heavy atom. The standard InChI is InChI=1S/C17H26N2O3/c1-12-14(17(21)22-2)9-10-16(19-12)18-11-5-7-13-6-3-4-8-15(13)20/h9-10,13,15,20H,3-8,11H2,1-2H3,(H,18,19). The van der Waals surface area contributed by atoms with Gasteiger partial charge in [-0.15, -0.1) is 0 Å². The van der Waals surface area contributed by atoms with E-state index < -0.39 is 0 Å². The average Bonchev–Trinajstić information content (AvgIpc) is 2.52. The molecule has 0 aliphatic heterocycles. The molecule has 5 nitrogen and oxygen atoms in total. The van der Waals surface area contributed by atoms with Crippen molar-refractivity contribution in [1.29, 1.82) is 0 Å². The van der Waals surface area contributed by atoms with Crippen LogP contribution in [0.4, 0.5) is 5.82 Å². The zero-order valence-electron chi connectivity index (χ0n) is 13.5. The van der Waals surface area contributed by atoms with Crippen molar-refractivity contribution < 1.29 is 14.6 Å².